The van der Waals surface area contributed by atoms with Crippen LogP contribution in [-0.4, -0.2) is 25.1 Å². The summed E-state index contributed by atoms with van der Waals surface area (Å²) in [4.78, 5) is 18.4. The van der Waals surface area contributed by atoms with Gasteiger partial charge in [0.2, 0.25) is 5.91 Å². The smallest absolute Gasteiger partial charge is 0.226 e. The van der Waals surface area contributed by atoms with Crippen LogP contribution in [0.25, 0.3) is 11.3 Å². The third-order valence-electron chi connectivity index (χ3n) is 4.56. The highest BCUT2D eigenvalue weighted by atomic mass is 79.9. The summed E-state index contributed by atoms with van der Waals surface area (Å²) in [6.07, 6.45) is 1.76. The van der Waals surface area contributed by atoms with Crippen LogP contribution >= 0.6 is 43.2 Å². The summed E-state index contributed by atoms with van der Waals surface area (Å²) in [6, 6.07) is 11.8. The molecule has 0 unspecified atom stereocenters. The Morgan fingerprint density at radius 3 is 2.40 bits per heavy atom. The number of amides is 1. The molecule has 0 saturated carbocycles. The number of carbonyl (C=O) groups is 1. The van der Waals surface area contributed by atoms with Gasteiger partial charge in [-0.2, -0.15) is 0 Å². The van der Waals surface area contributed by atoms with E-state index in [9.17, 15) is 4.79 Å². The SMILES string of the molecule is CCc1sc(NC(=O)CCc2cc(OC)c(OC)cc2Br)nc1-c1ccc(Br)cc1. The molecule has 0 atom stereocenters. The Kier molecular flexibility index (Phi) is 7.91. The molecule has 0 aliphatic carbocycles. The van der Waals surface area contributed by atoms with Crippen molar-refractivity contribution in [1.29, 1.82) is 0 Å². The second kappa shape index (κ2) is 10.4. The lowest BCUT2D eigenvalue weighted by molar-refractivity contribution is -0.116. The van der Waals surface area contributed by atoms with Crippen molar-refractivity contribution >= 4 is 54.2 Å². The summed E-state index contributed by atoms with van der Waals surface area (Å²) in [5, 5.41) is 3.57. The van der Waals surface area contributed by atoms with Gasteiger partial charge in [-0.15, -0.1) is 11.3 Å². The van der Waals surface area contributed by atoms with Gasteiger partial charge in [0.15, 0.2) is 16.6 Å². The molecule has 1 heterocycles. The number of nitrogens with one attached hydrogen (secondary N) is 1. The standard InChI is InChI=1S/C22H22Br2N2O3S/c1-4-19-21(13-5-8-15(23)9-6-13)26-22(30-19)25-20(27)10-7-14-11-17(28-2)18(29-3)12-16(14)24/h5-6,8-9,11-12H,4,7,10H2,1-3H3,(H,25,26,27). The number of hydrogen-bond acceptors (Lipinski definition) is 5. The van der Waals surface area contributed by atoms with Gasteiger partial charge in [-0.25, -0.2) is 4.98 Å². The summed E-state index contributed by atoms with van der Waals surface area (Å²) in [7, 11) is 3.19. The van der Waals surface area contributed by atoms with E-state index in [0.717, 1.165) is 37.1 Å². The number of aryl methyl sites for hydroxylation is 2. The molecule has 5 nitrogen and oxygen atoms in total. The number of methoxy groups -OCH3 is 2. The average Bonchev–Trinajstić information content (AvgIpc) is 3.15. The molecule has 0 aliphatic rings. The first-order valence-corrected chi connectivity index (χ1v) is 11.8. The van der Waals surface area contributed by atoms with Gasteiger partial charge in [-0.3, -0.25) is 4.79 Å². The summed E-state index contributed by atoms with van der Waals surface area (Å²) in [5.74, 6) is 1.21. The van der Waals surface area contributed by atoms with Crippen molar-refractivity contribution < 1.29 is 14.3 Å². The van der Waals surface area contributed by atoms with Gasteiger partial charge in [-0.05, 0) is 42.7 Å². The number of ether oxygens (including phenoxy) is 2. The van der Waals surface area contributed by atoms with Crippen LogP contribution in [0, 0.1) is 0 Å². The van der Waals surface area contributed by atoms with Gasteiger partial charge in [0.25, 0.3) is 0 Å². The van der Waals surface area contributed by atoms with Crippen LogP contribution in [0.2, 0.25) is 0 Å². The van der Waals surface area contributed by atoms with Gasteiger partial charge in [0, 0.05) is 25.8 Å². The Labute approximate surface area is 197 Å². The molecule has 0 aliphatic heterocycles. The first-order chi connectivity index (χ1) is 14.4. The van der Waals surface area contributed by atoms with Crippen molar-refractivity contribution in [2.75, 3.05) is 19.5 Å². The maximum atomic E-state index is 12.5. The van der Waals surface area contributed by atoms with E-state index in [-0.39, 0.29) is 5.91 Å². The van der Waals surface area contributed by atoms with Crippen molar-refractivity contribution in [3.05, 3.63) is 55.8 Å². The maximum absolute atomic E-state index is 12.5. The molecule has 3 rings (SSSR count). The lowest BCUT2D eigenvalue weighted by Gasteiger charge is -2.11. The average molecular weight is 554 g/mol. The minimum atomic E-state index is -0.0737. The van der Waals surface area contributed by atoms with Crippen LogP contribution in [0.5, 0.6) is 11.5 Å². The quantitative estimate of drug-likeness (QED) is 0.346. The molecule has 3 aromatic rings. The van der Waals surface area contributed by atoms with Gasteiger partial charge in [0.1, 0.15) is 0 Å². The minimum Gasteiger partial charge on any atom is -0.493 e. The number of rotatable bonds is 8. The van der Waals surface area contributed by atoms with E-state index in [2.05, 4.69) is 49.1 Å². The number of carbonyl (C=O) groups excluding carboxylic acids is 1. The molecule has 1 amide bonds. The molecule has 8 heteroatoms. The molecule has 30 heavy (non-hydrogen) atoms. The second-order valence-corrected chi connectivity index (χ2v) is 9.35. The Balaban J connectivity index is 1.69. The van der Waals surface area contributed by atoms with E-state index in [1.54, 1.807) is 14.2 Å². The molecule has 2 aromatic carbocycles. The summed E-state index contributed by atoms with van der Waals surface area (Å²) in [5.41, 5.74) is 2.95. The van der Waals surface area contributed by atoms with Crippen LogP contribution in [0.4, 0.5) is 5.13 Å². The molecular weight excluding hydrogens is 532 g/mol. The molecule has 0 spiro atoms. The van der Waals surface area contributed by atoms with Crippen LogP contribution in [0.3, 0.4) is 0 Å². The van der Waals surface area contributed by atoms with Crippen LogP contribution < -0.4 is 14.8 Å². The number of anilines is 1. The Bertz CT molecular complexity index is 1040. The Hall–Kier alpha value is -1.90. The molecule has 158 valence electrons. The Morgan fingerprint density at radius 2 is 1.77 bits per heavy atom. The molecule has 0 radical (unpaired) electrons. The zero-order chi connectivity index (χ0) is 21.7. The van der Waals surface area contributed by atoms with E-state index in [1.165, 1.54) is 11.3 Å². The van der Waals surface area contributed by atoms with Crippen LogP contribution in [0.15, 0.2) is 45.3 Å². The highest BCUT2D eigenvalue weighted by Gasteiger charge is 2.15. The van der Waals surface area contributed by atoms with E-state index < -0.39 is 0 Å². The first-order valence-electron chi connectivity index (χ1n) is 9.41. The molecule has 1 aromatic heterocycles. The van der Waals surface area contributed by atoms with Crippen molar-refractivity contribution in [3.8, 4) is 22.8 Å². The highest BCUT2D eigenvalue weighted by Crippen LogP contribution is 2.34. The van der Waals surface area contributed by atoms with Gasteiger partial charge in [-0.1, -0.05) is 50.9 Å². The lowest BCUT2D eigenvalue weighted by Crippen LogP contribution is -2.12. The summed E-state index contributed by atoms with van der Waals surface area (Å²) < 4.78 is 12.6. The molecule has 1 N–H and O–H groups in total. The number of thiazole rings is 1. The highest BCUT2D eigenvalue weighted by molar-refractivity contribution is 9.10. The van der Waals surface area contributed by atoms with Gasteiger partial charge in [0.05, 0.1) is 19.9 Å². The largest absolute Gasteiger partial charge is 0.493 e. The topological polar surface area (TPSA) is 60.5 Å². The van der Waals surface area contributed by atoms with Gasteiger partial charge < -0.3 is 14.8 Å². The normalized spacial score (nSPS) is 10.7. The van der Waals surface area contributed by atoms with Crippen molar-refractivity contribution in [3.63, 3.8) is 0 Å². The number of halogens is 2. The molecule has 0 saturated heterocycles. The minimum absolute atomic E-state index is 0.0737. The monoisotopic (exact) mass is 552 g/mol. The molecule has 0 fully saturated rings. The summed E-state index contributed by atoms with van der Waals surface area (Å²) >= 11 is 8.52. The lowest BCUT2D eigenvalue weighted by atomic mass is 10.1. The fourth-order valence-electron chi connectivity index (χ4n) is 3.00. The first kappa shape index (κ1) is 22.8. The van der Waals surface area contributed by atoms with Crippen LogP contribution in [-0.2, 0) is 17.6 Å². The number of hydrogen-bond donors (Lipinski definition) is 1. The fraction of sp³-hybridized carbons (Fsp3) is 0.273. The molecular formula is C22H22Br2N2O3S. The summed E-state index contributed by atoms with van der Waals surface area (Å²) in [6.45, 7) is 2.09. The molecule has 0 bridgehead atoms. The number of benzene rings is 2. The fourth-order valence-corrected chi connectivity index (χ4v) is 4.72. The number of nitrogens with zero attached hydrogens (tertiary/aromatic N) is 1. The van der Waals surface area contributed by atoms with Crippen LogP contribution in [0.1, 0.15) is 23.8 Å². The third-order valence-corrected chi connectivity index (χ3v) is 6.94. The van der Waals surface area contributed by atoms with Crippen molar-refractivity contribution in [2.24, 2.45) is 0 Å². The zero-order valence-corrected chi connectivity index (χ0v) is 20.9. The zero-order valence-electron chi connectivity index (χ0n) is 16.9. The second-order valence-electron chi connectivity index (χ2n) is 6.50. The van der Waals surface area contributed by atoms with E-state index in [0.29, 0.717) is 29.5 Å². The third kappa shape index (κ3) is 5.42. The van der Waals surface area contributed by atoms with Gasteiger partial charge >= 0.3 is 0 Å². The van der Waals surface area contributed by atoms with E-state index in [4.69, 9.17) is 9.47 Å². The predicted molar refractivity (Wildman–Crippen MR) is 129 cm³/mol. The maximum Gasteiger partial charge on any atom is 0.226 e. The van der Waals surface area contributed by atoms with Crippen molar-refractivity contribution in [1.82, 2.24) is 4.98 Å². The Morgan fingerprint density at radius 1 is 1.10 bits per heavy atom. The van der Waals surface area contributed by atoms with E-state index >= 15 is 0 Å². The number of aromatic nitrogens is 1. The van der Waals surface area contributed by atoms with Crippen molar-refractivity contribution in [2.45, 2.75) is 26.2 Å². The van der Waals surface area contributed by atoms with E-state index in [1.807, 2.05) is 36.4 Å². The predicted octanol–water partition coefficient (Wildman–Crippen LogP) is 6.49.